The third-order valence-corrected chi connectivity index (χ3v) is 4.55. The summed E-state index contributed by atoms with van der Waals surface area (Å²) in [6, 6.07) is 10.8. The largest absolute Gasteiger partial charge is 0.481 e. The van der Waals surface area contributed by atoms with Gasteiger partial charge in [0.15, 0.2) is 5.17 Å². The van der Waals surface area contributed by atoms with Gasteiger partial charge in [-0.3, -0.25) is 9.59 Å². The molecule has 3 rings (SSSR count). The summed E-state index contributed by atoms with van der Waals surface area (Å²) in [7, 11) is 0. The number of amidine groups is 1. The van der Waals surface area contributed by atoms with Crippen LogP contribution in [0.15, 0.2) is 51.0 Å². The van der Waals surface area contributed by atoms with Gasteiger partial charge in [0.05, 0.1) is 12.6 Å². The van der Waals surface area contributed by atoms with Gasteiger partial charge in [0.25, 0.3) is 0 Å². The first kappa shape index (κ1) is 17.2. The molecule has 1 unspecified atom stereocenters. The van der Waals surface area contributed by atoms with Crippen molar-refractivity contribution in [3.63, 3.8) is 0 Å². The van der Waals surface area contributed by atoms with Crippen LogP contribution in [0.3, 0.4) is 0 Å². The third-order valence-electron chi connectivity index (χ3n) is 3.23. The minimum atomic E-state index is -1.04. The fourth-order valence-corrected chi connectivity index (χ4v) is 3.12. The second-order valence-corrected chi connectivity index (χ2v) is 6.68. The summed E-state index contributed by atoms with van der Waals surface area (Å²) in [6.07, 6.45) is 1.14. The van der Waals surface area contributed by atoms with Crippen molar-refractivity contribution in [2.45, 2.75) is 11.7 Å². The van der Waals surface area contributed by atoms with E-state index in [4.69, 9.17) is 21.1 Å². The van der Waals surface area contributed by atoms with Crippen LogP contribution in [0, 0.1) is 0 Å². The summed E-state index contributed by atoms with van der Waals surface area (Å²) in [5.74, 6) is -0.270. The molecule has 0 aliphatic carbocycles. The Kier molecular flexibility index (Phi) is 5.20. The maximum atomic E-state index is 11.6. The van der Waals surface area contributed by atoms with Gasteiger partial charge in [-0.1, -0.05) is 23.4 Å². The summed E-state index contributed by atoms with van der Waals surface area (Å²) in [5.41, 5.74) is 0.880. The molecular formula is C16H12ClN3O4S. The van der Waals surface area contributed by atoms with E-state index in [0.29, 0.717) is 16.5 Å². The van der Waals surface area contributed by atoms with E-state index in [2.05, 4.69) is 15.5 Å². The summed E-state index contributed by atoms with van der Waals surface area (Å²) in [4.78, 5) is 22.2. The fourth-order valence-electron chi connectivity index (χ4n) is 2.07. The highest BCUT2D eigenvalue weighted by Crippen LogP contribution is 2.24. The average molecular weight is 378 g/mol. The predicted molar refractivity (Wildman–Crippen MR) is 96.0 cm³/mol. The Balaban J connectivity index is 1.64. The lowest BCUT2D eigenvalue weighted by atomic mass is 10.2. The molecule has 1 atom stereocenters. The van der Waals surface area contributed by atoms with E-state index in [1.165, 1.54) is 6.21 Å². The number of nitrogens with zero attached hydrogens (tertiary/aromatic N) is 2. The van der Waals surface area contributed by atoms with Crippen LogP contribution in [0.2, 0.25) is 5.02 Å². The first-order valence-electron chi connectivity index (χ1n) is 7.17. The number of hydrogen-bond acceptors (Lipinski definition) is 6. The zero-order valence-electron chi connectivity index (χ0n) is 12.7. The maximum Gasteiger partial charge on any atom is 0.305 e. The fraction of sp³-hybridized carbons (Fsp3) is 0.125. The lowest BCUT2D eigenvalue weighted by Crippen LogP contribution is -2.26. The highest BCUT2D eigenvalue weighted by molar-refractivity contribution is 8.15. The number of hydrogen-bond donors (Lipinski definition) is 2. The van der Waals surface area contributed by atoms with Gasteiger partial charge >= 0.3 is 5.97 Å². The van der Waals surface area contributed by atoms with Crippen LogP contribution in [0.25, 0.3) is 11.3 Å². The van der Waals surface area contributed by atoms with Gasteiger partial charge in [0, 0.05) is 10.6 Å². The third kappa shape index (κ3) is 4.49. The molecular weight excluding hydrogens is 366 g/mol. The molecule has 2 N–H and O–H groups in total. The van der Waals surface area contributed by atoms with Crippen LogP contribution in [0.4, 0.5) is 0 Å². The number of amides is 1. The van der Waals surface area contributed by atoms with Crippen molar-refractivity contribution >= 4 is 46.6 Å². The second kappa shape index (κ2) is 7.54. The highest BCUT2D eigenvalue weighted by atomic mass is 35.5. The van der Waals surface area contributed by atoms with Crippen molar-refractivity contribution in [2.75, 3.05) is 0 Å². The van der Waals surface area contributed by atoms with Gasteiger partial charge in [-0.05, 0) is 36.4 Å². The van der Waals surface area contributed by atoms with Gasteiger partial charge in [0.1, 0.15) is 16.8 Å². The van der Waals surface area contributed by atoms with Crippen LogP contribution >= 0.6 is 23.4 Å². The van der Waals surface area contributed by atoms with Crippen LogP contribution in [0.1, 0.15) is 12.2 Å². The number of carbonyl (C=O) groups is 2. The SMILES string of the molecule is O=C(O)CC1S/C(=N/N=C/c2ccc(-c3ccc(Cl)cc3)o2)NC1=O. The van der Waals surface area contributed by atoms with Crippen molar-refractivity contribution in [2.24, 2.45) is 10.2 Å². The Labute approximate surface area is 151 Å². The Hall–Kier alpha value is -2.58. The van der Waals surface area contributed by atoms with Gasteiger partial charge in [-0.15, -0.1) is 5.10 Å². The molecule has 0 spiro atoms. The first-order valence-corrected chi connectivity index (χ1v) is 8.43. The standard InChI is InChI=1S/C16H12ClN3O4S/c17-10-3-1-9(2-4-10)12-6-5-11(24-12)8-18-20-16-19-15(23)13(25-16)7-14(21)22/h1-6,8,13H,7H2,(H,21,22)(H,19,20,23)/b18-8+. The quantitative estimate of drug-likeness (QED) is 0.615. The molecule has 2 heterocycles. The number of aliphatic carboxylic acids is 1. The number of rotatable bonds is 5. The lowest BCUT2D eigenvalue weighted by Gasteiger charge is -1.97. The number of thioether (sulfide) groups is 1. The topological polar surface area (TPSA) is 104 Å². The van der Waals surface area contributed by atoms with E-state index in [0.717, 1.165) is 17.3 Å². The van der Waals surface area contributed by atoms with E-state index in [1.54, 1.807) is 24.3 Å². The molecule has 128 valence electrons. The molecule has 1 saturated heterocycles. The van der Waals surface area contributed by atoms with E-state index in [1.807, 2.05) is 12.1 Å². The zero-order valence-corrected chi connectivity index (χ0v) is 14.3. The van der Waals surface area contributed by atoms with Gasteiger partial charge in [-0.2, -0.15) is 5.10 Å². The predicted octanol–water partition coefficient (Wildman–Crippen LogP) is 3.00. The number of halogens is 1. The summed E-state index contributed by atoms with van der Waals surface area (Å²) in [5, 5.41) is 19.2. The Morgan fingerprint density at radius 2 is 2.08 bits per heavy atom. The van der Waals surface area contributed by atoms with Gasteiger partial charge in [-0.25, -0.2) is 0 Å². The Morgan fingerprint density at radius 3 is 2.80 bits per heavy atom. The molecule has 1 aliphatic heterocycles. The molecule has 0 bridgehead atoms. The molecule has 1 amide bonds. The van der Waals surface area contributed by atoms with Crippen molar-refractivity contribution in [3.8, 4) is 11.3 Å². The summed E-state index contributed by atoms with van der Waals surface area (Å²) < 4.78 is 5.64. The Morgan fingerprint density at radius 1 is 1.32 bits per heavy atom. The molecule has 1 fully saturated rings. The minimum Gasteiger partial charge on any atom is -0.481 e. The zero-order chi connectivity index (χ0) is 17.8. The molecule has 0 saturated carbocycles. The Bertz CT molecular complexity index is 861. The summed E-state index contributed by atoms with van der Waals surface area (Å²) >= 11 is 6.89. The second-order valence-electron chi connectivity index (χ2n) is 5.05. The normalized spacial score (nSPS) is 18.8. The van der Waals surface area contributed by atoms with Gasteiger partial charge in [0.2, 0.25) is 5.91 Å². The first-order chi connectivity index (χ1) is 12.0. The smallest absolute Gasteiger partial charge is 0.305 e. The number of benzene rings is 1. The van der Waals surface area contributed by atoms with E-state index < -0.39 is 11.2 Å². The lowest BCUT2D eigenvalue weighted by molar-refractivity contribution is -0.138. The number of nitrogens with one attached hydrogen (secondary N) is 1. The van der Waals surface area contributed by atoms with Crippen molar-refractivity contribution in [3.05, 3.63) is 47.2 Å². The molecule has 1 aromatic heterocycles. The highest BCUT2D eigenvalue weighted by Gasteiger charge is 2.32. The van der Waals surface area contributed by atoms with Crippen LogP contribution in [-0.2, 0) is 9.59 Å². The average Bonchev–Trinajstić information content (AvgIpc) is 3.15. The monoisotopic (exact) mass is 377 g/mol. The molecule has 1 aliphatic rings. The molecule has 9 heteroatoms. The van der Waals surface area contributed by atoms with E-state index >= 15 is 0 Å². The number of carboxylic acids is 1. The molecule has 7 nitrogen and oxygen atoms in total. The minimum absolute atomic E-state index is 0.261. The van der Waals surface area contributed by atoms with Crippen LogP contribution < -0.4 is 5.32 Å². The number of carbonyl (C=O) groups excluding carboxylic acids is 1. The maximum absolute atomic E-state index is 11.6. The molecule has 1 aromatic carbocycles. The molecule has 2 aromatic rings. The molecule has 25 heavy (non-hydrogen) atoms. The van der Waals surface area contributed by atoms with E-state index in [-0.39, 0.29) is 17.5 Å². The van der Waals surface area contributed by atoms with Gasteiger partial charge < -0.3 is 14.8 Å². The number of furan rings is 1. The van der Waals surface area contributed by atoms with Crippen LogP contribution in [-0.4, -0.2) is 33.6 Å². The summed E-state index contributed by atoms with van der Waals surface area (Å²) in [6.45, 7) is 0. The number of carboxylic acid groups (broad SMARTS) is 1. The van der Waals surface area contributed by atoms with Crippen molar-refractivity contribution < 1.29 is 19.1 Å². The van der Waals surface area contributed by atoms with E-state index in [9.17, 15) is 9.59 Å². The van der Waals surface area contributed by atoms with Crippen molar-refractivity contribution in [1.82, 2.24) is 5.32 Å². The molecule has 0 radical (unpaired) electrons. The van der Waals surface area contributed by atoms with Crippen molar-refractivity contribution in [1.29, 1.82) is 0 Å². The van der Waals surface area contributed by atoms with Crippen LogP contribution in [0.5, 0.6) is 0 Å².